The van der Waals surface area contributed by atoms with Gasteiger partial charge in [-0.25, -0.2) is 9.97 Å². The van der Waals surface area contributed by atoms with E-state index in [1.165, 1.54) is 7.11 Å². The molecule has 1 aromatic heterocycles. The average Bonchev–Trinajstić information content (AvgIpc) is 3.38. The molecule has 0 bridgehead atoms. The number of carbonyl (C=O) groups excluding carboxylic acids is 2. The Morgan fingerprint density at radius 3 is 2.51 bits per heavy atom. The number of anilines is 2. The van der Waals surface area contributed by atoms with Crippen molar-refractivity contribution in [3.63, 3.8) is 0 Å². The van der Waals surface area contributed by atoms with Gasteiger partial charge in [0.05, 0.1) is 0 Å². The van der Waals surface area contributed by atoms with Gasteiger partial charge in [-0.2, -0.15) is 0 Å². The molecule has 9 heteroatoms. The number of aromatic nitrogens is 2. The minimum absolute atomic E-state index is 0.0201. The Labute approximate surface area is 207 Å². The number of hydrogen-bond acceptors (Lipinski definition) is 7. The van der Waals surface area contributed by atoms with E-state index in [1.54, 1.807) is 11.0 Å². The van der Waals surface area contributed by atoms with Crippen LogP contribution in [0, 0.1) is 6.92 Å². The van der Waals surface area contributed by atoms with Crippen molar-refractivity contribution >= 4 is 23.5 Å². The van der Waals surface area contributed by atoms with Crippen molar-refractivity contribution in [2.45, 2.75) is 32.7 Å². The monoisotopic (exact) mass is 480 g/mol. The number of para-hydroxylation sites is 1. The van der Waals surface area contributed by atoms with E-state index in [2.05, 4.69) is 26.8 Å². The number of aryl methyl sites for hydroxylation is 1. The van der Waals surface area contributed by atoms with E-state index in [1.807, 2.05) is 36.1 Å². The van der Waals surface area contributed by atoms with Crippen LogP contribution in [0.1, 0.15) is 41.0 Å². The number of likely N-dealkylation sites (N-methyl/N-ethyl adjacent to an activating group) is 1. The Kier molecular flexibility index (Phi) is 8.30. The smallest absolute Gasteiger partial charge is 0.273 e. The van der Waals surface area contributed by atoms with Crippen LogP contribution in [0.15, 0.2) is 30.3 Å². The maximum Gasteiger partial charge on any atom is 0.273 e. The molecule has 1 fully saturated rings. The maximum atomic E-state index is 13.8. The third-order valence-electron chi connectivity index (χ3n) is 6.62. The molecule has 0 aliphatic carbocycles. The third kappa shape index (κ3) is 6.15. The predicted octanol–water partition coefficient (Wildman–Crippen LogP) is 2.34. The van der Waals surface area contributed by atoms with Crippen molar-refractivity contribution in [3.05, 3.63) is 47.3 Å². The minimum atomic E-state index is -0.117. The summed E-state index contributed by atoms with van der Waals surface area (Å²) in [5, 5.41) is 0. The van der Waals surface area contributed by atoms with Crippen LogP contribution in [0.3, 0.4) is 0 Å². The van der Waals surface area contributed by atoms with Crippen LogP contribution in [0.5, 0.6) is 0 Å². The first kappa shape index (κ1) is 25.1. The van der Waals surface area contributed by atoms with Gasteiger partial charge in [-0.05, 0) is 57.5 Å². The van der Waals surface area contributed by atoms with Crippen LogP contribution < -0.4 is 9.80 Å². The molecule has 2 aromatic rings. The van der Waals surface area contributed by atoms with E-state index in [-0.39, 0.29) is 18.4 Å². The fraction of sp³-hybridized carbons (Fsp3) is 0.538. The molecule has 0 unspecified atom stereocenters. The SMILES string of the molecule is COCC(=O)N1CCCN(C)CCN(C(=O)c2cc(C)nc(N3CCCC3)n2)Cc2ccccc21. The highest BCUT2D eigenvalue weighted by molar-refractivity contribution is 5.95. The molecular formula is C26H36N6O3. The number of nitrogens with zero attached hydrogens (tertiary/aromatic N) is 6. The Balaban J connectivity index is 1.67. The highest BCUT2D eigenvalue weighted by atomic mass is 16.5. The molecule has 0 saturated carbocycles. The third-order valence-corrected chi connectivity index (χ3v) is 6.62. The summed E-state index contributed by atoms with van der Waals surface area (Å²) in [7, 11) is 3.58. The van der Waals surface area contributed by atoms with Crippen LogP contribution in [0.4, 0.5) is 11.6 Å². The van der Waals surface area contributed by atoms with E-state index >= 15 is 0 Å². The Hall–Kier alpha value is -3.04. The number of amides is 2. The van der Waals surface area contributed by atoms with E-state index < -0.39 is 0 Å². The molecule has 2 amide bonds. The average molecular weight is 481 g/mol. The van der Waals surface area contributed by atoms with E-state index in [0.29, 0.717) is 31.3 Å². The van der Waals surface area contributed by atoms with Gasteiger partial charge in [0.1, 0.15) is 12.3 Å². The summed E-state index contributed by atoms with van der Waals surface area (Å²) in [5.74, 6) is 0.437. The van der Waals surface area contributed by atoms with Crippen molar-refractivity contribution < 1.29 is 14.3 Å². The summed E-state index contributed by atoms with van der Waals surface area (Å²) < 4.78 is 5.14. The summed E-state index contributed by atoms with van der Waals surface area (Å²) in [4.78, 5) is 44.0. The highest BCUT2D eigenvalue weighted by Crippen LogP contribution is 2.25. The summed E-state index contributed by atoms with van der Waals surface area (Å²) in [6.07, 6.45) is 3.07. The lowest BCUT2D eigenvalue weighted by atomic mass is 10.1. The predicted molar refractivity (Wildman–Crippen MR) is 136 cm³/mol. The molecule has 3 heterocycles. The number of benzene rings is 1. The van der Waals surface area contributed by atoms with Crippen LogP contribution in [-0.4, -0.2) is 91.6 Å². The van der Waals surface area contributed by atoms with Crippen molar-refractivity contribution in [2.24, 2.45) is 0 Å². The Morgan fingerprint density at radius 1 is 0.971 bits per heavy atom. The zero-order valence-corrected chi connectivity index (χ0v) is 21.1. The maximum absolute atomic E-state index is 13.8. The van der Waals surface area contributed by atoms with Gasteiger partial charge in [-0.15, -0.1) is 0 Å². The molecular weight excluding hydrogens is 444 g/mol. The zero-order chi connectivity index (χ0) is 24.8. The number of hydrogen-bond donors (Lipinski definition) is 0. The topological polar surface area (TPSA) is 82.1 Å². The lowest BCUT2D eigenvalue weighted by Crippen LogP contribution is -2.38. The Morgan fingerprint density at radius 2 is 1.74 bits per heavy atom. The van der Waals surface area contributed by atoms with Crippen molar-refractivity contribution in [2.75, 3.05) is 69.8 Å². The van der Waals surface area contributed by atoms with Gasteiger partial charge in [0, 0.05) is 57.8 Å². The second kappa shape index (κ2) is 11.6. The van der Waals surface area contributed by atoms with Crippen LogP contribution in [0.25, 0.3) is 0 Å². The first-order chi connectivity index (χ1) is 17.0. The van der Waals surface area contributed by atoms with Crippen LogP contribution in [0.2, 0.25) is 0 Å². The summed E-state index contributed by atoms with van der Waals surface area (Å²) in [5.41, 5.74) is 2.97. The van der Waals surface area contributed by atoms with Gasteiger partial charge in [-0.3, -0.25) is 9.59 Å². The second-order valence-electron chi connectivity index (χ2n) is 9.38. The molecule has 0 N–H and O–H groups in total. The summed E-state index contributed by atoms with van der Waals surface area (Å²) in [6.45, 7) is 6.89. The number of ether oxygens (including phenoxy) is 1. The van der Waals surface area contributed by atoms with Gasteiger partial charge in [0.25, 0.3) is 11.8 Å². The van der Waals surface area contributed by atoms with Gasteiger partial charge >= 0.3 is 0 Å². The molecule has 0 spiro atoms. The number of rotatable bonds is 4. The molecule has 35 heavy (non-hydrogen) atoms. The number of fused-ring (bicyclic) bond motifs is 1. The van der Waals surface area contributed by atoms with Crippen molar-refractivity contribution in [1.29, 1.82) is 0 Å². The van der Waals surface area contributed by atoms with E-state index in [4.69, 9.17) is 4.74 Å². The quantitative estimate of drug-likeness (QED) is 0.664. The second-order valence-corrected chi connectivity index (χ2v) is 9.38. The standard InChI is InChI=1S/C26H36N6O3/c1-20-17-22(28-26(27-20)30-12-6-7-13-30)25(34)31-16-15-29(2)11-8-14-32(24(33)19-35-3)23-10-5-4-9-21(23)18-31/h4-5,9-10,17H,6-8,11-16,18-19H2,1-3H3. The fourth-order valence-corrected chi connectivity index (χ4v) is 4.73. The fourth-order valence-electron chi connectivity index (χ4n) is 4.73. The largest absolute Gasteiger partial charge is 0.375 e. The normalized spacial score (nSPS) is 17.7. The molecule has 1 saturated heterocycles. The van der Waals surface area contributed by atoms with E-state index in [0.717, 1.165) is 62.4 Å². The molecule has 1 aromatic carbocycles. The van der Waals surface area contributed by atoms with Crippen LogP contribution >= 0.6 is 0 Å². The summed E-state index contributed by atoms with van der Waals surface area (Å²) >= 11 is 0. The molecule has 9 nitrogen and oxygen atoms in total. The molecule has 4 rings (SSSR count). The van der Waals surface area contributed by atoms with Gasteiger partial charge in [0.15, 0.2) is 0 Å². The van der Waals surface area contributed by atoms with E-state index in [9.17, 15) is 9.59 Å². The first-order valence-corrected chi connectivity index (χ1v) is 12.4. The van der Waals surface area contributed by atoms with Crippen LogP contribution in [-0.2, 0) is 16.1 Å². The molecule has 0 atom stereocenters. The zero-order valence-electron chi connectivity index (χ0n) is 21.1. The van der Waals surface area contributed by atoms with Gasteiger partial charge in [0.2, 0.25) is 5.95 Å². The molecule has 0 radical (unpaired) electrons. The first-order valence-electron chi connectivity index (χ1n) is 12.4. The lowest BCUT2D eigenvalue weighted by molar-refractivity contribution is -0.122. The molecule has 2 aliphatic rings. The Bertz CT molecular complexity index is 1040. The lowest BCUT2D eigenvalue weighted by Gasteiger charge is -2.28. The minimum Gasteiger partial charge on any atom is -0.375 e. The number of carbonyl (C=O) groups is 2. The number of methoxy groups -OCH3 is 1. The molecule has 2 aliphatic heterocycles. The van der Waals surface area contributed by atoms with Crippen molar-refractivity contribution in [1.82, 2.24) is 19.8 Å². The summed E-state index contributed by atoms with van der Waals surface area (Å²) in [6, 6.07) is 9.60. The van der Waals surface area contributed by atoms with Gasteiger partial charge < -0.3 is 24.3 Å². The highest BCUT2D eigenvalue weighted by Gasteiger charge is 2.25. The van der Waals surface area contributed by atoms with Gasteiger partial charge in [-0.1, -0.05) is 18.2 Å². The molecule has 188 valence electrons. The van der Waals surface area contributed by atoms with Crippen molar-refractivity contribution in [3.8, 4) is 0 Å².